The van der Waals surface area contributed by atoms with Crippen LogP contribution in [-0.4, -0.2) is 44.6 Å². The van der Waals surface area contributed by atoms with Gasteiger partial charge in [0.2, 0.25) is 17.7 Å². The minimum Gasteiger partial charge on any atom is -0.494 e. The number of hydrogen-bond acceptors (Lipinski definition) is 6. The highest BCUT2D eigenvalue weighted by atomic mass is 16.3. The Morgan fingerprint density at radius 1 is 1.00 bits per heavy atom. The molecule has 2 aromatic carbocycles. The van der Waals surface area contributed by atoms with Crippen LogP contribution in [0.4, 0.5) is 0 Å². The van der Waals surface area contributed by atoms with Crippen LogP contribution in [0.5, 0.6) is 11.8 Å². The van der Waals surface area contributed by atoms with E-state index in [-0.39, 0.29) is 42.4 Å². The Morgan fingerprint density at radius 3 is 2.34 bits per heavy atom. The van der Waals surface area contributed by atoms with Crippen molar-refractivity contribution in [1.29, 1.82) is 0 Å². The summed E-state index contributed by atoms with van der Waals surface area (Å²) in [4.78, 5) is 53.4. The van der Waals surface area contributed by atoms with Gasteiger partial charge in [0, 0.05) is 5.56 Å². The van der Waals surface area contributed by atoms with E-state index in [1.807, 2.05) is 30.3 Å². The molecule has 1 aliphatic carbocycles. The molecule has 0 bridgehead atoms. The molecule has 3 aromatic rings. The van der Waals surface area contributed by atoms with E-state index in [4.69, 9.17) is 0 Å². The number of aromatic hydroxyl groups is 2. The first-order valence-electron chi connectivity index (χ1n) is 12.3. The number of benzene rings is 2. The number of Topliss-reactive ketones (excluding diaryl/α,β-unsaturated/α-hetero) is 1. The van der Waals surface area contributed by atoms with Gasteiger partial charge in [-0.1, -0.05) is 73.7 Å². The van der Waals surface area contributed by atoms with Crippen LogP contribution in [0.3, 0.4) is 0 Å². The molecule has 9 nitrogen and oxygen atoms in total. The van der Waals surface area contributed by atoms with Crippen LogP contribution in [0.25, 0.3) is 6.08 Å². The molecule has 0 radical (unpaired) electrons. The quantitative estimate of drug-likeness (QED) is 0.218. The molecule has 2 amide bonds. The van der Waals surface area contributed by atoms with Crippen molar-refractivity contribution in [2.75, 3.05) is 0 Å². The van der Waals surface area contributed by atoms with Crippen molar-refractivity contribution < 1.29 is 29.4 Å². The summed E-state index contributed by atoms with van der Waals surface area (Å²) >= 11 is 0. The summed E-state index contributed by atoms with van der Waals surface area (Å²) in [6, 6.07) is 16.5. The first kappa shape index (κ1) is 26.4. The Bertz CT molecular complexity index is 1360. The van der Waals surface area contributed by atoms with Gasteiger partial charge in [0.15, 0.2) is 17.4 Å². The number of allylic oxidation sites excluding steroid dienone is 1. The second-order valence-corrected chi connectivity index (χ2v) is 9.39. The van der Waals surface area contributed by atoms with Crippen LogP contribution < -0.4 is 10.6 Å². The molecule has 0 saturated heterocycles. The van der Waals surface area contributed by atoms with Gasteiger partial charge in [0.05, 0.1) is 30.5 Å². The Labute approximate surface area is 219 Å². The Kier molecular flexibility index (Phi) is 8.06. The number of fused-ring (bicyclic) bond motifs is 1. The van der Waals surface area contributed by atoms with E-state index < -0.39 is 35.6 Å². The average molecular weight is 516 g/mol. The van der Waals surface area contributed by atoms with Crippen LogP contribution in [0.2, 0.25) is 0 Å². The van der Waals surface area contributed by atoms with Gasteiger partial charge in [-0.3, -0.25) is 24.2 Å². The molecule has 5 N–H and O–H groups in total. The molecule has 4 rings (SSSR count). The maximum absolute atomic E-state index is 13.0. The number of amides is 2. The van der Waals surface area contributed by atoms with E-state index in [2.05, 4.69) is 15.6 Å². The van der Waals surface area contributed by atoms with Gasteiger partial charge in [0.1, 0.15) is 0 Å². The standard InChI is InChI=1S/C29H29N3O6/c1-17-14-21-25(29(38)32-28(21)37)27(36)26(17)31-24(35)16-22(19-10-6-3-7-11-19)30-23(34)15-20(33)13-12-18-8-4-2-5-9-18/h2-13,17,22,26,32,37-38H,14-16H2,1H3,(H,30,34)(H,31,35)/t17?,22-,26-/m0/s1. The van der Waals surface area contributed by atoms with Crippen molar-refractivity contribution in [3.63, 3.8) is 0 Å². The van der Waals surface area contributed by atoms with Gasteiger partial charge < -0.3 is 20.8 Å². The number of carbonyl (C=O) groups is 4. The summed E-state index contributed by atoms with van der Waals surface area (Å²) in [5.41, 5.74) is 1.80. The third kappa shape index (κ3) is 6.18. The third-order valence-electron chi connectivity index (χ3n) is 6.52. The Hall–Kier alpha value is -4.66. The lowest BCUT2D eigenvalue weighted by molar-refractivity contribution is -0.127. The van der Waals surface area contributed by atoms with Crippen molar-refractivity contribution >= 4 is 29.5 Å². The number of carbonyl (C=O) groups excluding carboxylic acids is 4. The predicted octanol–water partition coefficient (Wildman–Crippen LogP) is 3.21. The third-order valence-corrected chi connectivity index (χ3v) is 6.52. The van der Waals surface area contributed by atoms with Crippen molar-refractivity contribution in [3.8, 4) is 11.8 Å². The topological polar surface area (TPSA) is 149 Å². The molecule has 1 heterocycles. The van der Waals surface area contributed by atoms with Crippen LogP contribution in [0, 0.1) is 5.92 Å². The molecule has 0 fully saturated rings. The van der Waals surface area contributed by atoms with Crippen molar-refractivity contribution in [1.82, 2.24) is 15.6 Å². The van der Waals surface area contributed by atoms with Crippen molar-refractivity contribution in [2.24, 2.45) is 5.92 Å². The van der Waals surface area contributed by atoms with E-state index in [0.29, 0.717) is 11.1 Å². The fourth-order valence-electron chi connectivity index (χ4n) is 4.61. The Morgan fingerprint density at radius 2 is 1.66 bits per heavy atom. The minimum absolute atomic E-state index is 0.0270. The lowest BCUT2D eigenvalue weighted by atomic mass is 9.81. The summed E-state index contributed by atoms with van der Waals surface area (Å²) in [5.74, 6) is -2.93. The summed E-state index contributed by atoms with van der Waals surface area (Å²) < 4.78 is 0. The smallest absolute Gasteiger partial charge is 0.228 e. The monoisotopic (exact) mass is 515 g/mol. The van der Waals surface area contributed by atoms with Gasteiger partial charge in [-0.15, -0.1) is 0 Å². The number of aromatic amines is 1. The zero-order valence-electron chi connectivity index (χ0n) is 20.8. The highest BCUT2D eigenvalue weighted by Crippen LogP contribution is 2.37. The SMILES string of the molecule is CC1Cc2c(O)[nH]c(O)c2C(=O)[C@H]1NC(=O)C[C@H](NC(=O)CC(=O)C=Cc1ccccc1)c1ccccc1. The normalized spacial score (nSPS) is 17.6. The summed E-state index contributed by atoms with van der Waals surface area (Å²) in [5, 5.41) is 25.5. The number of ketones is 2. The second-order valence-electron chi connectivity index (χ2n) is 9.39. The number of hydrogen-bond donors (Lipinski definition) is 5. The summed E-state index contributed by atoms with van der Waals surface area (Å²) in [6.45, 7) is 1.76. The highest BCUT2D eigenvalue weighted by Gasteiger charge is 2.39. The van der Waals surface area contributed by atoms with E-state index in [1.54, 1.807) is 43.3 Å². The van der Waals surface area contributed by atoms with Crippen molar-refractivity contribution in [2.45, 2.75) is 38.3 Å². The maximum Gasteiger partial charge on any atom is 0.228 e. The van der Waals surface area contributed by atoms with Gasteiger partial charge in [-0.25, -0.2) is 0 Å². The molecule has 1 aliphatic rings. The zero-order valence-corrected chi connectivity index (χ0v) is 20.8. The molecule has 1 unspecified atom stereocenters. The fourth-order valence-corrected chi connectivity index (χ4v) is 4.61. The summed E-state index contributed by atoms with van der Waals surface area (Å²) in [7, 11) is 0. The predicted molar refractivity (Wildman–Crippen MR) is 140 cm³/mol. The lowest BCUT2D eigenvalue weighted by Gasteiger charge is -2.29. The highest BCUT2D eigenvalue weighted by molar-refractivity contribution is 6.07. The van der Waals surface area contributed by atoms with E-state index in [0.717, 1.165) is 5.56 Å². The van der Waals surface area contributed by atoms with Crippen LogP contribution in [0.15, 0.2) is 66.7 Å². The number of H-pyrrole nitrogens is 1. The molecule has 3 atom stereocenters. The maximum atomic E-state index is 13.0. The van der Waals surface area contributed by atoms with Crippen molar-refractivity contribution in [3.05, 3.63) is 89.0 Å². The number of nitrogens with one attached hydrogen (secondary N) is 3. The largest absolute Gasteiger partial charge is 0.494 e. The molecular weight excluding hydrogens is 486 g/mol. The molecule has 0 aliphatic heterocycles. The molecule has 196 valence electrons. The molecule has 9 heteroatoms. The lowest BCUT2D eigenvalue weighted by Crippen LogP contribution is -2.49. The van der Waals surface area contributed by atoms with Gasteiger partial charge in [-0.05, 0) is 29.5 Å². The minimum atomic E-state index is -0.909. The second kappa shape index (κ2) is 11.6. The molecule has 38 heavy (non-hydrogen) atoms. The molecular formula is C29H29N3O6. The van der Waals surface area contributed by atoms with Gasteiger partial charge in [-0.2, -0.15) is 0 Å². The fraction of sp³-hybridized carbons (Fsp3) is 0.241. The zero-order chi connectivity index (χ0) is 27.2. The first-order valence-corrected chi connectivity index (χ1v) is 12.3. The van der Waals surface area contributed by atoms with Gasteiger partial charge in [0.25, 0.3) is 0 Å². The van der Waals surface area contributed by atoms with E-state index in [1.165, 1.54) is 6.08 Å². The number of rotatable bonds is 9. The van der Waals surface area contributed by atoms with Crippen LogP contribution >= 0.6 is 0 Å². The molecule has 1 aromatic heterocycles. The Balaban J connectivity index is 1.42. The molecule has 0 saturated carbocycles. The molecule has 0 spiro atoms. The van der Waals surface area contributed by atoms with E-state index >= 15 is 0 Å². The number of aromatic nitrogens is 1. The first-order chi connectivity index (χ1) is 18.2. The van der Waals surface area contributed by atoms with Gasteiger partial charge >= 0.3 is 0 Å². The summed E-state index contributed by atoms with van der Waals surface area (Å²) in [6.07, 6.45) is 2.71. The van der Waals surface area contributed by atoms with Crippen LogP contribution in [-0.2, 0) is 20.8 Å². The van der Waals surface area contributed by atoms with Crippen LogP contribution in [0.1, 0.15) is 52.9 Å². The van der Waals surface area contributed by atoms with E-state index in [9.17, 15) is 29.4 Å². The average Bonchev–Trinajstić information content (AvgIpc) is 3.18.